The van der Waals surface area contributed by atoms with Crippen LogP contribution in [0.2, 0.25) is 0 Å². The van der Waals surface area contributed by atoms with Gasteiger partial charge in [-0.3, -0.25) is 9.59 Å². The van der Waals surface area contributed by atoms with Crippen molar-refractivity contribution in [3.8, 4) is 0 Å². The first-order chi connectivity index (χ1) is 15.1. The summed E-state index contributed by atoms with van der Waals surface area (Å²) in [6, 6.07) is 21.9. The van der Waals surface area contributed by atoms with E-state index >= 15 is 0 Å². The largest absolute Gasteiger partial charge is 0.348 e. The molecule has 0 N–H and O–H groups in total. The number of rotatable bonds is 3. The van der Waals surface area contributed by atoms with Gasteiger partial charge in [0.1, 0.15) is 0 Å². The fourth-order valence-electron chi connectivity index (χ4n) is 4.83. The van der Waals surface area contributed by atoms with Crippen LogP contribution in [0.4, 0.5) is 0 Å². The molecule has 2 aliphatic rings. The zero-order valence-electron chi connectivity index (χ0n) is 17.5. The highest BCUT2D eigenvalue weighted by Gasteiger charge is 2.35. The lowest BCUT2D eigenvalue weighted by atomic mass is 9.92. The predicted molar refractivity (Wildman–Crippen MR) is 120 cm³/mol. The van der Waals surface area contributed by atoms with Crippen molar-refractivity contribution in [3.05, 3.63) is 102 Å². The van der Waals surface area contributed by atoms with Gasteiger partial charge in [0.05, 0.1) is 18.5 Å². The standard InChI is InChI=1S/C26H25N3O2/c1-19(30)28-15-13-20-8-5-6-11-22(20)24(28)18-25(31)29-17-16-27-14-7-12-23(27)26(29)21-9-3-2-4-10-21/h2-15,24,26H,16-18H2,1H3. The number of nitrogens with zero attached hydrogens (tertiary/aromatic N) is 3. The van der Waals surface area contributed by atoms with E-state index in [9.17, 15) is 9.59 Å². The Hall–Kier alpha value is -3.60. The molecule has 5 heteroatoms. The van der Waals surface area contributed by atoms with Crippen LogP contribution >= 0.6 is 0 Å². The van der Waals surface area contributed by atoms with E-state index in [0.29, 0.717) is 6.54 Å². The maximum atomic E-state index is 13.7. The highest BCUT2D eigenvalue weighted by Crippen LogP contribution is 2.37. The molecule has 3 aromatic rings. The lowest BCUT2D eigenvalue weighted by molar-refractivity contribution is -0.136. The van der Waals surface area contributed by atoms with Crippen molar-refractivity contribution < 1.29 is 9.59 Å². The minimum atomic E-state index is -0.295. The molecular weight excluding hydrogens is 386 g/mol. The van der Waals surface area contributed by atoms with E-state index in [-0.39, 0.29) is 30.3 Å². The molecule has 0 saturated heterocycles. The molecule has 0 fully saturated rings. The van der Waals surface area contributed by atoms with Gasteiger partial charge in [-0.15, -0.1) is 0 Å². The van der Waals surface area contributed by atoms with Crippen LogP contribution < -0.4 is 0 Å². The van der Waals surface area contributed by atoms with E-state index in [1.54, 1.807) is 18.0 Å². The summed E-state index contributed by atoms with van der Waals surface area (Å²) in [5.74, 6) is -0.00154. The summed E-state index contributed by atoms with van der Waals surface area (Å²) in [7, 11) is 0. The number of hydrogen-bond acceptors (Lipinski definition) is 2. The molecule has 5 nitrogen and oxygen atoms in total. The average molecular weight is 412 g/mol. The Morgan fingerprint density at radius 2 is 1.71 bits per heavy atom. The Balaban J connectivity index is 1.49. The molecule has 0 aliphatic carbocycles. The molecular formula is C26H25N3O2. The normalized spacial score (nSPS) is 19.6. The SMILES string of the molecule is CC(=O)N1C=Cc2ccccc2C1CC(=O)N1CCn2cccc2C1c1ccccc1. The first-order valence-corrected chi connectivity index (χ1v) is 10.7. The van der Waals surface area contributed by atoms with Crippen LogP contribution in [-0.4, -0.2) is 32.7 Å². The van der Waals surface area contributed by atoms with Crippen molar-refractivity contribution in [1.82, 2.24) is 14.4 Å². The maximum Gasteiger partial charge on any atom is 0.225 e. The highest BCUT2D eigenvalue weighted by atomic mass is 16.2. The van der Waals surface area contributed by atoms with Gasteiger partial charge in [0.2, 0.25) is 11.8 Å². The summed E-state index contributed by atoms with van der Waals surface area (Å²) < 4.78 is 2.22. The van der Waals surface area contributed by atoms with E-state index in [1.165, 1.54) is 0 Å². The van der Waals surface area contributed by atoms with E-state index in [2.05, 4.69) is 29.0 Å². The van der Waals surface area contributed by atoms with Crippen LogP contribution in [-0.2, 0) is 16.1 Å². The fourth-order valence-corrected chi connectivity index (χ4v) is 4.83. The van der Waals surface area contributed by atoms with Crippen LogP contribution in [0.15, 0.2) is 79.1 Å². The second kappa shape index (κ2) is 7.91. The Morgan fingerprint density at radius 1 is 0.935 bits per heavy atom. The van der Waals surface area contributed by atoms with Gasteiger partial charge in [-0.25, -0.2) is 0 Å². The number of benzene rings is 2. The lowest BCUT2D eigenvalue weighted by Gasteiger charge is -2.39. The highest BCUT2D eigenvalue weighted by molar-refractivity contribution is 5.82. The topological polar surface area (TPSA) is 45.6 Å². The van der Waals surface area contributed by atoms with Crippen LogP contribution in [0.3, 0.4) is 0 Å². The van der Waals surface area contributed by atoms with E-state index in [0.717, 1.165) is 28.9 Å². The zero-order valence-corrected chi connectivity index (χ0v) is 17.5. The Morgan fingerprint density at radius 3 is 2.52 bits per heavy atom. The minimum absolute atomic E-state index is 0.0580. The van der Waals surface area contributed by atoms with Gasteiger partial charge >= 0.3 is 0 Å². The quantitative estimate of drug-likeness (QED) is 0.642. The summed E-state index contributed by atoms with van der Waals surface area (Å²) in [5.41, 5.74) is 4.30. The smallest absolute Gasteiger partial charge is 0.225 e. The van der Waals surface area contributed by atoms with Crippen LogP contribution in [0.25, 0.3) is 6.08 Å². The van der Waals surface area contributed by atoms with Crippen molar-refractivity contribution in [2.45, 2.75) is 32.0 Å². The summed E-state index contributed by atoms with van der Waals surface area (Å²) in [4.78, 5) is 29.7. The Bertz CT molecular complexity index is 1150. The number of aromatic nitrogens is 1. The lowest BCUT2D eigenvalue weighted by Crippen LogP contribution is -2.44. The van der Waals surface area contributed by atoms with Crippen molar-refractivity contribution in [2.75, 3.05) is 6.54 Å². The Labute approximate surface area is 182 Å². The molecule has 0 bridgehead atoms. The first kappa shape index (κ1) is 19.4. The monoisotopic (exact) mass is 411 g/mol. The second-order valence-corrected chi connectivity index (χ2v) is 8.12. The van der Waals surface area contributed by atoms with Crippen LogP contribution in [0, 0.1) is 0 Å². The molecule has 2 amide bonds. The zero-order chi connectivity index (χ0) is 21.4. The van der Waals surface area contributed by atoms with Crippen molar-refractivity contribution in [3.63, 3.8) is 0 Å². The molecule has 1 aromatic heterocycles. The van der Waals surface area contributed by atoms with Crippen LogP contribution in [0.1, 0.15) is 47.8 Å². The molecule has 31 heavy (non-hydrogen) atoms. The van der Waals surface area contributed by atoms with Gasteiger partial charge in [-0.05, 0) is 34.9 Å². The first-order valence-electron chi connectivity index (χ1n) is 10.7. The molecule has 3 heterocycles. The molecule has 2 aliphatic heterocycles. The summed E-state index contributed by atoms with van der Waals surface area (Å²) in [6.45, 7) is 2.97. The van der Waals surface area contributed by atoms with E-state index < -0.39 is 0 Å². The van der Waals surface area contributed by atoms with Crippen molar-refractivity contribution >= 4 is 17.9 Å². The van der Waals surface area contributed by atoms with Crippen molar-refractivity contribution in [1.29, 1.82) is 0 Å². The molecule has 2 unspecified atom stereocenters. The van der Waals surface area contributed by atoms with Gasteiger partial charge in [0, 0.05) is 38.1 Å². The maximum absolute atomic E-state index is 13.7. The number of hydrogen-bond donors (Lipinski definition) is 0. The Kier molecular flexibility index (Phi) is 4.94. The van der Waals surface area contributed by atoms with Gasteiger partial charge in [-0.1, -0.05) is 54.6 Å². The summed E-state index contributed by atoms with van der Waals surface area (Å²) >= 11 is 0. The number of carbonyl (C=O) groups excluding carboxylic acids is 2. The predicted octanol–water partition coefficient (Wildman–Crippen LogP) is 4.38. The molecule has 0 spiro atoms. The summed E-state index contributed by atoms with van der Waals surface area (Å²) in [6.07, 6.45) is 6.08. The fraction of sp³-hybridized carbons (Fsp3) is 0.231. The molecule has 2 atom stereocenters. The molecule has 5 rings (SSSR count). The number of carbonyl (C=O) groups is 2. The molecule has 156 valence electrons. The third-order valence-corrected chi connectivity index (χ3v) is 6.31. The van der Waals surface area contributed by atoms with Gasteiger partial charge in [0.15, 0.2) is 0 Å². The summed E-state index contributed by atoms with van der Waals surface area (Å²) in [5, 5.41) is 0. The molecule has 0 radical (unpaired) electrons. The minimum Gasteiger partial charge on any atom is -0.348 e. The van der Waals surface area contributed by atoms with Crippen molar-refractivity contribution in [2.24, 2.45) is 0 Å². The third-order valence-electron chi connectivity index (χ3n) is 6.31. The third kappa shape index (κ3) is 3.46. The van der Waals surface area contributed by atoms with Gasteiger partial charge in [0.25, 0.3) is 0 Å². The van der Waals surface area contributed by atoms with Crippen LogP contribution in [0.5, 0.6) is 0 Å². The molecule has 2 aromatic carbocycles. The van der Waals surface area contributed by atoms with E-state index in [1.807, 2.05) is 59.5 Å². The second-order valence-electron chi connectivity index (χ2n) is 8.12. The van der Waals surface area contributed by atoms with Gasteiger partial charge in [-0.2, -0.15) is 0 Å². The molecule has 0 saturated carbocycles. The van der Waals surface area contributed by atoms with E-state index in [4.69, 9.17) is 0 Å². The average Bonchev–Trinajstić information content (AvgIpc) is 3.28. The number of amides is 2. The van der Waals surface area contributed by atoms with Gasteiger partial charge < -0.3 is 14.4 Å². The number of fused-ring (bicyclic) bond motifs is 2.